The number of rotatable bonds is 1. The average Bonchev–Trinajstić information content (AvgIpc) is 2.17. The van der Waals surface area contributed by atoms with E-state index in [-0.39, 0.29) is 5.78 Å². The van der Waals surface area contributed by atoms with Crippen LogP contribution >= 0.6 is 0 Å². The number of methoxy groups -OCH3 is 1. The van der Waals surface area contributed by atoms with Crippen LogP contribution in [0.25, 0.3) is 0 Å². The van der Waals surface area contributed by atoms with Crippen molar-refractivity contribution in [2.45, 2.75) is 33.1 Å². The highest BCUT2D eigenvalue weighted by molar-refractivity contribution is 6.00. The molecule has 15 heavy (non-hydrogen) atoms. The number of hydrogen-bond acceptors (Lipinski definition) is 2. The molecular formula is C13H16O2. The van der Waals surface area contributed by atoms with Crippen LogP contribution in [-0.2, 0) is 6.42 Å². The van der Waals surface area contributed by atoms with Gasteiger partial charge in [0.25, 0.3) is 0 Å². The van der Waals surface area contributed by atoms with E-state index in [9.17, 15) is 4.79 Å². The van der Waals surface area contributed by atoms with Crippen LogP contribution in [0.3, 0.4) is 0 Å². The molecule has 2 rings (SSSR count). The van der Waals surface area contributed by atoms with Crippen molar-refractivity contribution in [2.75, 3.05) is 7.11 Å². The molecule has 80 valence electrons. The molecule has 0 fully saturated rings. The fraction of sp³-hybridized carbons (Fsp3) is 0.462. The number of aryl methyl sites for hydroxylation is 2. The Bertz CT molecular complexity index is 419. The van der Waals surface area contributed by atoms with Gasteiger partial charge in [-0.05, 0) is 37.8 Å². The fourth-order valence-corrected chi connectivity index (χ4v) is 2.51. The first-order valence-electron chi connectivity index (χ1n) is 5.35. The van der Waals surface area contributed by atoms with E-state index in [0.29, 0.717) is 6.42 Å². The van der Waals surface area contributed by atoms with Crippen LogP contribution in [0.1, 0.15) is 39.9 Å². The van der Waals surface area contributed by atoms with Crippen molar-refractivity contribution >= 4 is 5.78 Å². The standard InChI is InChI=1S/C13H16O2/c1-8-7-10-5-4-6-11(14)12(10)9(2)13(8)15-3/h7H,4-6H2,1-3H3. The summed E-state index contributed by atoms with van der Waals surface area (Å²) in [4.78, 5) is 11.8. The van der Waals surface area contributed by atoms with Crippen LogP contribution < -0.4 is 4.74 Å². The zero-order chi connectivity index (χ0) is 11.0. The second-order valence-electron chi connectivity index (χ2n) is 4.16. The molecule has 0 spiro atoms. The van der Waals surface area contributed by atoms with Crippen LogP contribution in [0.15, 0.2) is 6.07 Å². The van der Waals surface area contributed by atoms with Gasteiger partial charge in [-0.1, -0.05) is 6.07 Å². The predicted octanol–water partition coefficient (Wildman–Crippen LogP) is 2.83. The van der Waals surface area contributed by atoms with Gasteiger partial charge in [0.1, 0.15) is 5.75 Å². The largest absolute Gasteiger partial charge is 0.496 e. The lowest BCUT2D eigenvalue weighted by atomic mass is 9.86. The normalized spacial score (nSPS) is 15.0. The van der Waals surface area contributed by atoms with Gasteiger partial charge >= 0.3 is 0 Å². The van der Waals surface area contributed by atoms with Gasteiger partial charge in [0, 0.05) is 17.5 Å². The number of ether oxygens (including phenoxy) is 1. The van der Waals surface area contributed by atoms with Gasteiger partial charge < -0.3 is 4.74 Å². The van der Waals surface area contributed by atoms with Crippen LogP contribution in [0, 0.1) is 13.8 Å². The first-order chi connectivity index (χ1) is 7.15. The molecule has 0 bridgehead atoms. The van der Waals surface area contributed by atoms with E-state index in [1.807, 2.05) is 13.8 Å². The zero-order valence-corrected chi connectivity index (χ0v) is 9.52. The molecule has 0 heterocycles. The van der Waals surface area contributed by atoms with Crippen molar-refractivity contribution in [3.05, 3.63) is 28.3 Å². The summed E-state index contributed by atoms with van der Waals surface area (Å²) < 4.78 is 5.34. The highest BCUT2D eigenvalue weighted by Gasteiger charge is 2.22. The second-order valence-corrected chi connectivity index (χ2v) is 4.16. The van der Waals surface area contributed by atoms with E-state index < -0.39 is 0 Å². The average molecular weight is 204 g/mol. The highest BCUT2D eigenvalue weighted by atomic mass is 16.5. The molecule has 1 aromatic rings. The van der Waals surface area contributed by atoms with Crippen LogP contribution in [0.4, 0.5) is 0 Å². The van der Waals surface area contributed by atoms with Gasteiger partial charge in [-0.15, -0.1) is 0 Å². The molecule has 0 radical (unpaired) electrons. The molecule has 0 N–H and O–H groups in total. The molecular weight excluding hydrogens is 188 g/mol. The number of carbonyl (C=O) groups excluding carboxylic acids is 1. The third kappa shape index (κ3) is 1.54. The van der Waals surface area contributed by atoms with E-state index in [0.717, 1.165) is 35.3 Å². The maximum atomic E-state index is 11.8. The zero-order valence-electron chi connectivity index (χ0n) is 9.52. The van der Waals surface area contributed by atoms with Crippen LogP contribution in [-0.4, -0.2) is 12.9 Å². The number of ketones is 1. The Morgan fingerprint density at radius 1 is 1.27 bits per heavy atom. The first kappa shape index (κ1) is 10.2. The summed E-state index contributed by atoms with van der Waals surface area (Å²) in [6, 6.07) is 2.10. The SMILES string of the molecule is COc1c(C)cc2c(c1C)C(=O)CCC2. The lowest BCUT2D eigenvalue weighted by Gasteiger charge is -2.20. The molecule has 0 saturated heterocycles. The summed E-state index contributed by atoms with van der Waals surface area (Å²) >= 11 is 0. The van der Waals surface area contributed by atoms with E-state index >= 15 is 0 Å². The van der Waals surface area contributed by atoms with Gasteiger partial charge in [0.15, 0.2) is 5.78 Å². The highest BCUT2D eigenvalue weighted by Crippen LogP contribution is 2.33. The van der Waals surface area contributed by atoms with Crippen molar-refractivity contribution in [3.8, 4) is 5.75 Å². The Morgan fingerprint density at radius 2 is 2.00 bits per heavy atom. The van der Waals surface area contributed by atoms with Gasteiger partial charge in [-0.25, -0.2) is 0 Å². The third-order valence-electron chi connectivity index (χ3n) is 3.12. The van der Waals surface area contributed by atoms with E-state index in [2.05, 4.69) is 6.07 Å². The minimum absolute atomic E-state index is 0.270. The summed E-state index contributed by atoms with van der Waals surface area (Å²) in [7, 11) is 1.66. The molecule has 0 aromatic heterocycles. The number of hydrogen-bond donors (Lipinski definition) is 0. The Balaban J connectivity index is 2.67. The molecule has 0 atom stereocenters. The minimum atomic E-state index is 0.270. The summed E-state index contributed by atoms with van der Waals surface area (Å²) in [5.74, 6) is 1.14. The monoisotopic (exact) mass is 204 g/mol. The predicted molar refractivity (Wildman–Crippen MR) is 59.7 cm³/mol. The maximum Gasteiger partial charge on any atom is 0.163 e. The first-order valence-corrected chi connectivity index (χ1v) is 5.35. The van der Waals surface area contributed by atoms with E-state index in [1.54, 1.807) is 7.11 Å². The Kier molecular flexibility index (Phi) is 2.51. The molecule has 0 saturated carbocycles. The molecule has 2 nitrogen and oxygen atoms in total. The van der Waals surface area contributed by atoms with E-state index in [1.165, 1.54) is 5.56 Å². The maximum absolute atomic E-state index is 11.8. The fourth-order valence-electron chi connectivity index (χ4n) is 2.51. The molecule has 0 aliphatic heterocycles. The minimum Gasteiger partial charge on any atom is -0.496 e. The molecule has 1 aliphatic carbocycles. The Hall–Kier alpha value is -1.31. The topological polar surface area (TPSA) is 26.3 Å². The third-order valence-corrected chi connectivity index (χ3v) is 3.12. The van der Waals surface area contributed by atoms with Crippen LogP contribution in [0.5, 0.6) is 5.75 Å². The number of carbonyl (C=O) groups is 1. The van der Waals surface area contributed by atoms with E-state index in [4.69, 9.17) is 4.74 Å². The van der Waals surface area contributed by atoms with Crippen molar-refractivity contribution < 1.29 is 9.53 Å². The number of Topliss-reactive ketones (excluding diaryl/α,β-unsaturated/α-hetero) is 1. The Morgan fingerprint density at radius 3 is 2.67 bits per heavy atom. The number of benzene rings is 1. The lowest BCUT2D eigenvalue weighted by molar-refractivity contribution is 0.0971. The molecule has 0 unspecified atom stereocenters. The molecule has 1 aromatic carbocycles. The van der Waals surface area contributed by atoms with Crippen molar-refractivity contribution in [1.82, 2.24) is 0 Å². The van der Waals surface area contributed by atoms with Gasteiger partial charge in [0.2, 0.25) is 0 Å². The van der Waals surface area contributed by atoms with Gasteiger partial charge in [-0.2, -0.15) is 0 Å². The van der Waals surface area contributed by atoms with Gasteiger partial charge in [-0.3, -0.25) is 4.79 Å². The van der Waals surface area contributed by atoms with Crippen molar-refractivity contribution in [3.63, 3.8) is 0 Å². The Labute approximate surface area is 90.3 Å². The number of fused-ring (bicyclic) bond motifs is 1. The molecule has 1 aliphatic rings. The molecule has 2 heteroatoms. The van der Waals surface area contributed by atoms with Gasteiger partial charge in [0.05, 0.1) is 7.11 Å². The van der Waals surface area contributed by atoms with Crippen molar-refractivity contribution in [2.24, 2.45) is 0 Å². The smallest absolute Gasteiger partial charge is 0.163 e. The molecule has 0 amide bonds. The lowest BCUT2D eigenvalue weighted by Crippen LogP contribution is -2.14. The summed E-state index contributed by atoms with van der Waals surface area (Å²) in [5, 5.41) is 0. The summed E-state index contributed by atoms with van der Waals surface area (Å²) in [6.07, 6.45) is 2.68. The second kappa shape index (κ2) is 3.69. The summed E-state index contributed by atoms with van der Waals surface area (Å²) in [6.45, 7) is 4.01. The summed E-state index contributed by atoms with van der Waals surface area (Å²) in [5.41, 5.74) is 4.24. The van der Waals surface area contributed by atoms with Crippen LogP contribution in [0.2, 0.25) is 0 Å². The van der Waals surface area contributed by atoms with Crippen molar-refractivity contribution in [1.29, 1.82) is 0 Å². The quantitative estimate of drug-likeness (QED) is 0.703.